The predicted molar refractivity (Wildman–Crippen MR) is 150 cm³/mol. The van der Waals surface area contributed by atoms with E-state index < -0.39 is 58.3 Å². The van der Waals surface area contributed by atoms with Crippen molar-refractivity contribution >= 4 is 23.7 Å². The number of aromatic nitrogens is 1. The molecule has 3 aliphatic carbocycles. The summed E-state index contributed by atoms with van der Waals surface area (Å²) >= 11 is 0. The minimum absolute atomic E-state index is 0.123. The number of nitrogens with zero attached hydrogens (tertiary/aromatic N) is 1. The van der Waals surface area contributed by atoms with Crippen LogP contribution in [0.1, 0.15) is 69.0 Å². The van der Waals surface area contributed by atoms with Gasteiger partial charge in [0.25, 0.3) is 0 Å². The summed E-state index contributed by atoms with van der Waals surface area (Å²) in [5.74, 6) is -4.54. The van der Waals surface area contributed by atoms with E-state index >= 15 is 0 Å². The monoisotopic (exact) mass is 591 g/mol. The van der Waals surface area contributed by atoms with Gasteiger partial charge >= 0.3 is 17.9 Å². The largest absolute Gasteiger partial charge is 0.472 e. The van der Waals surface area contributed by atoms with Gasteiger partial charge in [0.2, 0.25) is 0 Å². The second-order valence-electron chi connectivity index (χ2n) is 13.5. The Morgan fingerprint density at radius 1 is 1.14 bits per heavy atom. The van der Waals surface area contributed by atoms with Crippen LogP contribution in [0.3, 0.4) is 0 Å². The molecule has 10 heteroatoms. The lowest BCUT2D eigenvalue weighted by molar-refractivity contribution is -0.202. The Hall–Kier alpha value is -3.79. The summed E-state index contributed by atoms with van der Waals surface area (Å²) in [5, 5.41) is 11.5. The highest BCUT2D eigenvalue weighted by Crippen LogP contribution is 2.68. The van der Waals surface area contributed by atoms with Gasteiger partial charge in [-0.15, -0.1) is 0 Å². The number of hydrogen-bond donors (Lipinski definition) is 1. The first-order chi connectivity index (χ1) is 20.4. The zero-order chi connectivity index (χ0) is 30.9. The zero-order valence-corrected chi connectivity index (χ0v) is 24.9. The average molecular weight is 592 g/mol. The van der Waals surface area contributed by atoms with Gasteiger partial charge in [0.1, 0.15) is 18.0 Å². The molecule has 0 aromatic carbocycles. The maximum absolute atomic E-state index is 14.6. The number of aliphatic hydroxyl groups excluding tert-OH is 1. The third kappa shape index (κ3) is 4.20. The van der Waals surface area contributed by atoms with E-state index in [4.69, 9.17) is 18.6 Å². The molecule has 0 spiro atoms. The molecule has 2 saturated carbocycles. The third-order valence-corrected chi connectivity index (χ3v) is 11.0. The number of furan rings is 1. The molecule has 1 aliphatic heterocycles. The highest BCUT2D eigenvalue weighted by atomic mass is 16.6. The molecular weight excluding hydrogens is 554 g/mol. The van der Waals surface area contributed by atoms with Crippen LogP contribution in [-0.4, -0.2) is 53.1 Å². The summed E-state index contributed by atoms with van der Waals surface area (Å²) in [4.78, 5) is 58.0. The lowest BCUT2D eigenvalue weighted by Gasteiger charge is -2.64. The second-order valence-corrected chi connectivity index (χ2v) is 13.5. The van der Waals surface area contributed by atoms with Crippen molar-refractivity contribution in [2.75, 3.05) is 7.11 Å². The van der Waals surface area contributed by atoms with E-state index in [1.54, 1.807) is 30.7 Å². The highest BCUT2D eigenvalue weighted by Gasteiger charge is 2.70. The van der Waals surface area contributed by atoms with Crippen molar-refractivity contribution in [3.05, 3.63) is 65.9 Å². The number of aliphatic hydroxyl groups is 1. The summed E-state index contributed by atoms with van der Waals surface area (Å²) in [6.07, 6.45) is 6.08. The van der Waals surface area contributed by atoms with Crippen molar-refractivity contribution in [3.8, 4) is 0 Å². The van der Waals surface area contributed by atoms with Gasteiger partial charge < -0.3 is 23.7 Å². The maximum Gasteiger partial charge on any atom is 0.340 e. The van der Waals surface area contributed by atoms with Gasteiger partial charge in [0, 0.05) is 40.1 Å². The Morgan fingerprint density at radius 3 is 2.56 bits per heavy atom. The van der Waals surface area contributed by atoms with Crippen LogP contribution < -0.4 is 0 Å². The third-order valence-electron chi connectivity index (χ3n) is 11.0. The molecule has 0 amide bonds. The number of hydrogen-bond acceptors (Lipinski definition) is 10. The first-order valence-electron chi connectivity index (χ1n) is 14.7. The predicted octanol–water partition coefficient (Wildman–Crippen LogP) is 4.24. The smallest absolute Gasteiger partial charge is 0.340 e. The molecule has 2 bridgehead atoms. The fraction of sp³-hybridized carbons (Fsp3) is 0.545. The summed E-state index contributed by atoms with van der Waals surface area (Å²) in [6.45, 7) is 7.55. The van der Waals surface area contributed by atoms with E-state index in [1.807, 2.05) is 26.8 Å². The molecule has 43 heavy (non-hydrogen) atoms. The number of pyridine rings is 1. The maximum atomic E-state index is 14.6. The number of esters is 3. The van der Waals surface area contributed by atoms with Crippen LogP contribution in [0, 0.1) is 39.9 Å². The van der Waals surface area contributed by atoms with E-state index in [9.17, 15) is 24.3 Å². The minimum Gasteiger partial charge on any atom is -0.472 e. The molecule has 9 atom stereocenters. The van der Waals surface area contributed by atoms with Crippen molar-refractivity contribution in [1.29, 1.82) is 0 Å². The fourth-order valence-corrected chi connectivity index (χ4v) is 9.02. The quantitative estimate of drug-likeness (QED) is 0.305. The summed E-state index contributed by atoms with van der Waals surface area (Å²) < 4.78 is 22.3. The second kappa shape index (κ2) is 10.1. The lowest BCUT2D eigenvalue weighted by Crippen LogP contribution is -2.69. The van der Waals surface area contributed by atoms with Gasteiger partial charge in [-0.1, -0.05) is 39.3 Å². The number of ketones is 1. The number of rotatable bonds is 5. The zero-order valence-electron chi connectivity index (χ0n) is 24.9. The number of allylic oxidation sites excluding steroid dienone is 1. The van der Waals surface area contributed by atoms with Crippen molar-refractivity contribution in [3.63, 3.8) is 0 Å². The normalized spacial score (nSPS) is 36.7. The van der Waals surface area contributed by atoms with Gasteiger partial charge in [-0.2, -0.15) is 0 Å². The molecule has 2 aromatic heterocycles. The molecule has 3 fully saturated rings. The van der Waals surface area contributed by atoms with Crippen LogP contribution in [0.5, 0.6) is 0 Å². The molecule has 2 aromatic rings. The van der Waals surface area contributed by atoms with Crippen molar-refractivity contribution in [1.82, 2.24) is 4.98 Å². The molecule has 0 radical (unpaired) electrons. The van der Waals surface area contributed by atoms with Crippen molar-refractivity contribution < 1.29 is 42.9 Å². The van der Waals surface area contributed by atoms with Gasteiger partial charge in [-0.25, -0.2) is 9.59 Å². The SMILES string of the molecule is COC(=O)[C@@H](O)[C@H]1C(C)(C)[C@H](OC(=O)c2cccnc2)[C@@H]2C=C3[C@@H]4CC(=O)O[C@@H](c5ccoc5)[C@]4(C)CC[C@@H]3[C@@]1(C)C2=O. The molecule has 0 unspecified atom stereocenters. The van der Waals surface area contributed by atoms with Crippen LogP contribution in [0.25, 0.3) is 0 Å². The standard InChI is InChI=1S/C33H37NO9/c1-31(2)25(24(36)30(39)40-5)33(4)21-8-10-32(3)22(14-23(35)42-27(32)18-9-12-41-16-18)19(21)13-20(26(33)37)28(31)43-29(38)17-7-6-11-34-15-17/h6-7,9,11-13,15-16,20-22,24-25,27-28,36H,8,10,14H2,1-5H3/t20-,21+,22+,24+,25+,27+,28-,32-,33-/m1/s1. The van der Waals surface area contributed by atoms with E-state index in [-0.39, 0.29) is 35.6 Å². The van der Waals surface area contributed by atoms with Gasteiger partial charge in [0.05, 0.1) is 37.5 Å². The first-order valence-corrected chi connectivity index (χ1v) is 14.7. The van der Waals surface area contributed by atoms with E-state index in [0.717, 1.165) is 11.1 Å². The number of carbonyl (C=O) groups is 4. The van der Waals surface area contributed by atoms with Crippen molar-refractivity contribution in [2.24, 2.45) is 39.9 Å². The van der Waals surface area contributed by atoms with Gasteiger partial charge in [-0.3, -0.25) is 14.6 Å². The molecule has 1 saturated heterocycles. The number of cyclic esters (lactones) is 1. The molecule has 228 valence electrons. The van der Waals surface area contributed by atoms with E-state index in [1.165, 1.54) is 19.5 Å². The molecular formula is C33H37NO9. The Kier molecular flexibility index (Phi) is 6.91. The molecule has 3 heterocycles. The molecule has 10 nitrogen and oxygen atoms in total. The number of methoxy groups -OCH3 is 1. The minimum atomic E-state index is -1.66. The van der Waals surface area contributed by atoms with E-state index in [2.05, 4.69) is 11.9 Å². The fourth-order valence-electron chi connectivity index (χ4n) is 9.02. The molecule has 4 aliphatic rings. The van der Waals surface area contributed by atoms with Crippen molar-refractivity contribution in [2.45, 2.75) is 65.3 Å². The lowest BCUT2D eigenvalue weighted by atomic mass is 9.40. The van der Waals surface area contributed by atoms with E-state index in [0.29, 0.717) is 12.8 Å². The number of Topliss-reactive ketones (excluding diaryl/α,β-unsaturated/α-hetero) is 1. The summed E-state index contributed by atoms with van der Waals surface area (Å²) in [5.41, 5.74) is -0.858. The highest BCUT2D eigenvalue weighted by molar-refractivity contribution is 5.95. The number of carbonyl (C=O) groups excluding carboxylic acids is 4. The summed E-state index contributed by atoms with van der Waals surface area (Å²) in [7, 11) is 1.19. The Balaban J connectivity index is 1.50. The first kappa shape index (κ1) is 29.3. The van der Waals surface area contributed by atoms with Crippen LogP contribution in [-0.2, 0) is 28.6 Å². The Bertz CT molecular complexity index is 1480. The van der Waals surface area contributed by atoms with Gasteiger partial charge in [0.15, 0.2) is 6.10 Å². The van der Waals surface area contributed by atoms with Crippen LogP contribution in [0.15, 0.2) is 59.2 Å². The van der Waals surface area contributed by atoms with Gasteiger partial charge in [-0.05, 0) is 42.9 Å². The van der Waals surface area contributed by atoms with Crippen LogP contribution in [0.2, 0.25) is 0 Å². The Labute approximate surface area is 249 Å². The number of fused-ring (bicyclic) bond motifs is 6. The summed E-state index contributed by atoms with van der Waals surface area (Å²) in [6, 6.07) is 4.98. The molecule has 1 N–H and O–H groups in total. The number of ether oxygens (including phenoxy) is 3. The average Bonchev–Trinajstić information content (AvgIpc) is 3.52. The van der Waals surface area contributed by atoms with Crippen LogP contribution in [0.4, 0.5) is 0 Å². The van der Waals surface area contributed by atoms with Crippen LogP contribution >= 0.6 is 0 Å². The topological polar surface area (TPSA) is 142 Å². The Morgan fingerprint density at radius 2 is 1.91 bits per heavy atom. The molecule has 6 rings (SSSR count).